The van der Waals surface area contributed by atoms with Gasteiger partial charge in [0.05, 0.1) is 23.6 Å². The number of fused-ring (bicyclic) bond motifs is 1. The lowest BCUT2D eigenvalue weighted by Gasteiger charge is -2.25. The number of ether oxygens (including phenoxy) is 2. The quantitative estimate of drug-likeness (QED) is 0.242. The molecule has 1 aliphatic rings. The van der Waals surface area contributed by atoms with Crippen LogP contribution in [0.15, 0.2) is 77.4 Å². The van der Waals surface area contributed by atoms with Gasteiger partial charge in [-0.25, -0.2) is 9.37 Å². The summed E-state index contributed by atoms with van der Waals surface area (Å²) < 4.78 is 31.4. The van der Waals surface area contributed by atoms with Crippen molar-refractivity contribution < 1.29 is 18.4 Å². The molecule has 0 saturated carbocycles. The van der Waals surface area contributed by atoms with Crippen molar-refractivity contribution in [3.63, 3.8) is 0 Å². The molecule has 3 heterocycles. The van der Waals surface area contributed by atoms with E-state index in [4.69, 9.17) is 14.0 Å². The van der Waals surface area contributed by atoms with Crippen molar-refractivity contribution in [1.29, 1.82) is 0 Å². The molecule has 5 aromatic rings. The van der Waals surface area contributed by atoms with Crippen LogP contribution in [0.25, 0.3) is 22.8 Å². The smallest absolute Gasteiger partial charge is 0.258 e. The molecule has 0 aliphatic carbocycles. The van der Waals surface area contributed by atoms with E-state index in [1.54, 1.807) is 12.1 Å². The number of nitrogens with one attached hydrogen (secondary N) is 2. The van der Waals surface area contributed by atoms with Crippen molar-refractivity contribution in [1.82, 2.24) is 20.1 Å². The molecule has 9 nitrogen and oxygen atoms in total. The predicted octanol–water partition coefficient (Wildman–Crippen LogP) is 6.50. The number of hydrogen-bond acceptors (Lipinski definition) is 9. The Bertz CT molecular complexity index is 1590. The Hall–Kier alpha value is -4.99. The van der Waals surface area contributed by atoms with Crippen LogP contribution < -0.4 is 20.1 Å². The van der Waals surface area contributed by atoms with E-state index in [0.717, 1.165) is 28.6 Å². The molecule has 6 rings (SSSR count). The van der Waals surface area contributed by atoms with Gasteiger partial charge in [-0.05, 0) is 50.2 Å². The van der Waals surface area contributed by atoms with Crippen molar-refractivity contribution in [2.75, 3.05) is 10.6 Å². The normalized spacial score (nSPS) is 11.9. The highest BCUT2D eigenvalue weighted by Gasteiger charge is 2.27. The van der Waals surface area contributed by atoms with E-state index in [0.29, 0.717) is 35.4 Å². The van der Waals surface area contributed by atoms with Crippen LogP contribution in [-0.4, -0.2) is 26.2 Å². The largest absolute Gasteiger partial charge is 0.491 e. The van der Waals surface area contributed by atoms with E-state index in [1.807, 2.05) is 68.4 Å². The van der Waals surface area contributed by atoms with Crippen LogP contribution in [0.5, 0.6) is 11.5 Å². The fourth-order valence-corrected chi connectivity index (χ4v) is 4.00. The highest BCUT2D eigenvalue weighted by atomic mass is 19.1. The van der Waals surface area contributed by atoms with E-state index in [1.165, 1.54) is 0 Å². The zero-order valence-corrected chi connectivity index (χ0v) is 20.6. The van der Waals surface area contributed by atoms with Crippen molar-refractivity contribution >= 4 is 23.1 Å². The summed E-state index contributed by atoms with van der Waals surface area (Å²) >= 11 is 0. The summed E-state index contributed by atoms with van der Waals surface area (Å²) in [6, 6.07) is 20.5. The molecular formula is C28H23FN6O3. The molecule has 0 spiro atoms. The maximum Gasteiger partial charge on any atom is 0.258 e. The predicted molar refractivity (Wildman–Crippen MR) is 140 cm³/mol. The maximum absolute atomic E-state index is 14.5. The minimum atomic E-state index is -0.580. The van der Waals surface area contributed by atoms with Gasteiger partial charge in [-0.1, -0.05) is 35.5 Å². The van der Waals surface area contributed by atoms with E-state index in [9.17, 15) is 4.39 Å². The van der Waals surface area contributed by atoms with Crippen molar-refractivity contribution in [3.05, 3.63) is 84.3 Å². The summed E-state index contributed by atoms with van der Waals surface area (Å²) in [5.41, 5.74) is 3.89. The molecular weight excluding hydrogens is 487 g/mol. The molecule has 0 amide bonds. The lowest BCUT2D eigenvalue weighted by Crippen LogP contribution is -2.14. The molecule has 190 valence electrons. The fraction of sp³-hybridized carbons (Fsp3) is 0.143. The Labute approximate surface area is 217 Å². The Kier molecular flexibility index (Phi) is 6.04. The molecule has 10 heteroatoms. The maximum atomic E-state index is 14.5. The monoisotopic (exact) mass is 510 g/mol. The van der Waals surface area contributed by atoms with Gasteiger partial charge in [0, 0.05) is 16.8 Å². The summed E-state index contributed by atoms with van der Waals surface area (Å²) in [6.45, 7) is 4.31. The summed E-state index contributed by atoms with van der Waals surface area (Å²) in [7, 11) is 0. The molecule has 1 aliphatic heterocycles. The van der Waals surface area contributed by atoms with Crippen LogP contribution >= 0.6 is 0 Å². The summed E-state index contributed by atoms with van der Waals surface area (Å²) in [5, 5.41) is 10.2. The molecule has 38 heavy (non-hydrogen) atoms. The Morgan fingerprint density at radius 1 is 0.947 bits per heavy atom. The highest BCUT2D eigenvalue weighted by Crippen LogP contribution is 2.44. The number of hydrogen-bond donors (Lipinski definition) is 2. The minimum absolute atomic E-state index is 0.0377. The molecule has 0 radical (unpaired) electrons. The van der Waals surface area contributed by atoms with Gasteiger partial charge >= 0.3 is 0 Å². The van der Waals surface area contributed by atoms with E-state index in [2.05, 4.69) is 30.7 Å². The summed E-state index contributed by atoms with van der Waals surface area (Å²) in [4.78, 5) is 12.9. The number of nitrogens with zero attached hydrogens (tertiary/aromatic N) is 4. The highest BCUT2D eigenvalue weighted by molar-refractivity contribution is 5.77. The number of anilines is 4. The molecule has 0 bridgehead atoms. The zero-order chi connectivity index (χ0) is 26.1. The fourth-order valence-electron chi connectivity index (χ4n) is 4.00. The first-order valence-electron chi connectivity index (χ1n) is 12.0. The molecule has 0 saturated heterocycles. The number of rotatable bonds is 8. The Morgan fingerprint density at radius 3 is 2.50 bits per heavy atom. The average Bonchev–Trinajstić information content (AvgIpc) is 3.39. The molecule has 0 fully saturated rings. The van der Waals surface area contributed by atoms with Gasteiger partial charge in [0.25, 0.3) is 5.89 Å². The minimum Gasteiger partial charge on any atom is -0.491 e. The summed E-state index contributed by atoms with van der Waals surface area (Å²) in [5.74, 6) is 1.95. The lowest BCUT2D eigenvalue weighted by atomic mass is 10.0. The van der Waals surface area contributed by atoms with Crippen LogP contribution in [0.2, 0.25) is 0 Å². The van der Waals surface area contributed by atoms with Gasteiger partial charge in [0.1, 0.15) is 12.4 Å². The van der Waals surface area contributed by atoms with Crippen LogP contribution in [0.3, 0.4) is 0 Å². The van der Waals surface area contributed by atoms with Crippen LogP contribution in [0.1, 0.15) is 19.4 Å². The van der Waals surface area contributed by atoms with Crippen LogP contribution in [0.4, 0.5) is 27.5 Å². The van der Waals surface area contributed by atoms with Gasteiger partial charge in [-0.2, -0.15) is 9.97 Å². The zero-order valence-electron chi connectivity index (χ0n) is 20.6. The van der Waals surface area contributed by atoms with Gasteiger partial charge < -0.3 is 24.6 Å². The third-order valence-corrected chi connectivity index (χ3v) is 5.79. The lowest BCUT2D eigenvalue weighted by molar-refractivity contribution is 0.242. The number of halogens is 1. The van der Waals surface area contributed by atoms with E-state index >= 15 is 0 Å². The average molecular weight is 511 g/mol. The Morgan fingerprint density at radius 2 is 1.76 bits per heavy atom. The van der Waals surface area contributed by atoms with Gasteiger partial charge in [0.15, 0.2) is 17.4 Å². The summed E-state index contributed by atoms with van der Waals surface area (Å²) in [6.07, 6.45) is 1.18. The van der Waals surface area contributed by atoms with Gasteiger partial charge in [-0.3, -0.25) is 0 Å². The van der Waals surface area contributed by atoms with Crippen LogP contribution in [0, 0.1) is 5.82 Å². The van der Waals surface area contributed by atoms with Gasteiger partial charge in [0.2, 0.25) is 11.8 Å². The van der Waals surface area contributed by atoms with E-state index in [-0.39, 0.29) is 17.9 Å². The first-order valence-corrected chi connectivity index (χ1v) is 12.0. The molecule has 3 aromatic carbocycles. The number of aromatic nitrogens is 4. The second-order valence-electron chi connectivity index (χ2n) is 8.88. The van der Waals surface area contributed by atoms with Crippen molar-refractivity contribution in [2.24, 2.45) is 0 Å². The van der Waals surface area contributed by atoms with Crippen LogP contribution in [-0.2, 0) is 6.61 Å². The Balaban J connectivity index is 1.21. The van der Waals surface area contributed by atoms with Crippen molar-refractivity contribution in [2.45, 2.75) is 26.6 Å². The van der Waals surface area contributed by atoms with E-state index < -0.39 is 5.82 Å². The number of benzene rings is 3. The molecule has 2 N–H and O–H groups in total. The SMILES string of the molecule is CC(C)Oc1ccc(Nc2nc(Nc3ccc(-c4nc(-c5ccccc5)no4)c4c3OC4)ncc2F)cc1. The third-order valence-electron chi connectivity index (χ3n) is 5.79. The second kappa shape index (κ2) is 9.81. The van der Waals surface area contributed by atoms with Crippen molar-refractivity contribution in [3.8, 4) is 34.3 Å². The second-order valence-corrected chi connectivity index (χ2v) is 8.88. The first kappa shape index (κ1) is 23.4. The standard InChI is InChI=1S/C28H23FN6O3/c1-16(2)37-19-10-8-18(9-11-19)31-26-22(29)14-30-28(34-26)32-23-13-12-20(21-15-36-24(21)23)27-33-25(35-38-27)17-6-4-3-5-7-17/h3-14,16H,15H2,1-2H3,(H2,30,31,32,34). The first-order chi connectivity index (χ1) is 18.5. The topological polar surface area (TPSA) is 107 Å². The van der Waals surface area contributed by atoms with Gasteiger partial charge in [-0.15, -0.1) is 0 Å². The molecule has 0 atom stereocenters. The molecule has 0 unspecified atom stereocenters. The third kappa shape index (κ3) is 4.71. The molecule has 2 aromatic heterocycles.